The maximum atomic E-state index is 12.1. The molecule has 110 valence electrons. The molecule has 0 aliphatic heterocycles. The van der Waals surface area contributed by atoms with E-state index < -0.39 is 0 Å². The summed E-state index contributed by atoms with van der Waals surface area (Å²) in [6, 6.07) is 10.5. The molecule has 1 aliphatic rings. The minimum Gasteiger partial charge on any atom is -0.378 e. The Kier molecular flexibility index (Phi) is 3.97. The second kappa shape index (κ2) is 5.90. The zero-order valence-electron chi connectivity index (χ0n) is 12.3. The van der Waals surface area contributed by atoms with Gasteiger partial charge in [-0.05, 0) is 61.9 Å². The standard InChI is InChI=1S/C17H20N2OS/c1-11-8-9-21-16(11)12(2)18-15-5-3-4-13(10-15)17(20)19-14-6-7-14/h3-5,8-10,12,14,18H,6-7H2,1-2H3,(H,19,20). The molecule has 4 heteroatoms. The third-order valence-electron chi connectivity index (χ3n) is 3.72. The Hall–Kier alpha value is -1.81. The van der Waals surface area contributed by atoms with Gasteiger partial charge in [-0.15, -0.1) is 11.3 Å². The highest BCUT2D eigenvalue weighted by Crippen LogP contribution is 2.27. The summed E-state index contributed by atoms with van der Waals surface area (Å²) < 4.78 is 0. The van der Waals surface area contributed by atoms with Crippen LogP contribution in [0.25, 0.3) is 0 Å². The minimum absolute atomic E-state index is 0.0288. The van der Waals surface area contributed by atoms with Crippen molar-refractivity contribution in [3.63, 3.8) is 0 Å². The lowest BCUT2D eigenvalue weighted by Gasteiger charge is -2.15. The molecule has 1 saturated carbocycles. The molecule has 1 aromatic heterocycles. The van der Waals surface area contributed by atoms with Crippen molar-refractivity contribution in [3.05, 3.63) is 51.7 Å². The van der Waals surface area contributed by atoms with Crippen LogP contribution in [0.15, 0.2) is 35.7 Å². The molecule has 0 radical (unpaired) electrons. The van der Waals surface area contributed by atoms with Gasteiger partial charge in [0.25, 0.3) is 5.91 Å². The predicted molar refractivity (Wildman–Crippen MR) is 88.0 cm³/mol. The highest BCUT2D eigenvalue weighted by molar-refractivity contribution is 7.10. The lowest BCUT2D eigenvalue weighted by atomic mass is 10.1. The minimum atomic E-state index is 0.0288. The number of amides is 1. The quantitative estimate of drug-likeness (QED) is 0.872. The Morgan fingerprint density at radius 2 is 2.14 bits per heavy atom. The topological polar surface area (TPSA) is 41.1 Å². The van der Waals surface area contributed by atoms with E-state index in [0.29, 0.717) is 6.04 Å². The second-order valence-corrected chi connectivity index (χ2v) is 6.61. The van der Waals surface area contributed by atoms with E-state index >= 15 is 0 Å². The van der Waals surface area contributed by atoms with Crippen LogP contribution in [-0.4, -0.2) is 11.9 Å². The van der Waals surface area contributed by atoms with Crippen molar-refractivity contribution >= 4 is 22.9 Å². The fourth-order valence-electron chi connectivity index (χ4n) is 2.39. The summed E-state index contributed by atoms with van der Waals surface area (Å²) in [7, 11) is 0. The molecule has 1 unspecified atom stereocenters. The van der Waals surface area contributed by atoms with Crippen molar-refractivity contribution < 1.29 is 4.79 Å². The van der Waals surface area contributed by atoms with Crippen LogP contribution in [0.3, 0.4) is 0 Å². The lowest BCUT2D eigenvalue weighted by molar-refractivity contribution is 0.0951. The second-order valence-electron chi connectivity index (χ2n) is 5.66. The van der Waals surface area contributed by atoms with Crippen LogP contribution < -0.4 is 10.6 Å². The molecule has 1 amide bonds. The van der Waals surface area contributed by atoms with E-state index in [1.165, 1.54) is 10.4 Å². The van der Waals surface area contributed by atoms with E-state index in [2.05, 4.69) is 35.9 Å². The van der Waals surface area contributed by atoms with Crippen molar-refractivity contribution in [2.24, 2.45) is 0 Å². The number of carbonyl (C=O) groups excluding carboxylic acids is 1. The van der Waals surface area contributed by atoms with Gasteiger partial charge >= 0.3 is 0 Å². The van der Waals surface area contributed by atoms with Crippen molar-refractivity contribution in [3.8, 4) is 0 Å². The zero-order chi connectivity index (χ0) is 14.8. The maximum Gasteiger partial charge on any atom is 0.251 e. The smallest absolute Gasteiger partial charge is 0.251 e. The fraction of sp³-hybridized carbons (Fsp3) is 0.353. The van der Waals surface area contributed by atoms with Gasteiger partial charge < -0.3 is 10.6 Å². The fourth-order valence-corrected chi connectivity index (χ4v) is 3.33. The molecule has 1 fully saturated rings. The SMILES string of the molecule is Cc1ccsc1C(C)Nc1cccc(C(=O)NC2CC2)c1. The number of anilines is 1. The van der Waals surface area contributed by atoms with Crippen LogP contribution >= 0.6 is 11.3 Å². The first-order valence-corrected chi connectivity index (χ1v) is 8.23. The Balaban J connectivity index is 1.70. The Labute approximate surface area is 129 Å². The number of nitrogens with one attached hydrogen (secondary N) is 2. The van der Waals surface area contributed by atoms with Crippen LogP contribution in [0.2, 0.25) is 0 Å². The number of hydrogen-bond acceptors (Lipinski definition) is 3. The van der Waals surface area contributed by atoms with Crippen LogP contribution in [0, 0.1) is 6.92 Å². The van der Waals surface area contributed by atoms with Crippen molar-refractivity contribution in [2.45, 2.75) is 38.8 Å². The van der Waals surface area contributed by atoms with Gasteiger partial charge in [0.2, 0.25) is 0 Å². The summed E-state index contributed by atoms with van der Waals surface area (Å²) in [6.45, 7) is 4.28. The zero-order valence-corrected chi connectivity index (χ0v) is 13.2. The number of rotatable bonds is 5. The number of benzene rings is 1. The van der Waals surface area contributed by atoms with Crippen molar-refractivity contribution in [1.82, 2.24) is 5.32 Å². The molecule has 2 aromatic rings. The largest absolute Gasteiger partial charge is 0.378 e. The Morgan fingerprint density at radius 1 is 1.33 bits per heavy atom. The Bertz CT molecular complexity index is 646. The van der Waals surface area contributed by atoms with Gasteiger partial charge in [0, 0.05) is 22.2 Å². The van der Waals surface area contributed by atoms with Crippen LogP contribution in [0.5, 0.6) is 0 Å². The van der Waals surface area contributed by atoms with E-state index in [0.717, 1.165) is 24.1 Å². The third kappa shape index (κ3) is 3.45. The molecule has 0 saturated heterocycles. The molecule has 1 aromatic carbocycles. The molecule has 1 heterocycles. The van der Waals surface area contributed by atoms with Crippen LogP contribution in [0.1, 0.15) is 46.6 Å². The highest BCUT2D eigenvalue weighted by atomic mass is 32.1. The third-order valence-corrected chi connectivity index (χ3v) is 4.92. The van der Waals surface area contributed by atoms with Gasteiger partial charge in [-0.3, -0.25) is 4.79 Å². The normalized spacial score (nSPS) is 15.5. The molecule has 3 nitrogen and oxygen atoms in total. The summed E-state index contributed by atoms with van der Waals surface area (Å²) in [5, 5.41) is 8.62. The Morgan fingerprint density at radius 3 is 2.81 bits per heavy atom. The van der Waals surface area contributed by atoms with Gasteiger partial charge in [-0.1, -0.05) is 6.07 Å². The molecule has 1 aliphatic carbocycles. The van der Waals surface area contributed by atoms with Gasteiger partial charge in [0.05, 0.1) is 6.04 Å². The first-order chi connectivity index (χ1) is 10.1. The molecule has 1 atom stereocenters. The summed E-state index contributed by atoms with van der Waals surface area (Å²) in [5.41, 5.74) is 3.02. The molecule has 0 spiro atoms. The van der Waals surface area contributed by atoms with Gasteiger partial charge in [0.15, 0.2) is 0 Å². The lowest BCUT2D eigenvalue weighted by Crippen LogP contribution is -2.25. The van der Waals surface area contributed by atoms with E-state index in [-0.39, 0.29) is 11.9 Å². The number of carbonyl (C=O) groups is 1. The summed E-state index contributed by atoms with van der Waals surface area (Å²) in [4.78, 5) is 13.4. The van der Waals surface area contributed by atoms with Gasteiger partial charge in [-0.2, -0.15) is 0 Å². The summed E-state index contributed by atoms with van der Waals surface area (Å²) in [5.74, 6) is 0.0288. The molecule has 21 heavy (non-hydrogen) atoms. The molecule has 2 N–H and O–H groups in total. The number of thiophene rings is 1. The van der Waals surface area contributed by atoms with E-state index in [1.807, 2.05) is 24.3 Å². The predicted octanol–water partition coefficient (Wildman–Crippen LogP) is 4.12. The molecular formula is C17H20N2OS. The highest BCUT2D eigenvalue weighted by Gasteiger charge is 2.23. The van der Waals surface area contributed by atoms with Crippen molar-refractivity contribution in [2.75, 3.05) is 5.32 Å². The molecular weight excluding hydrogens is 280 g/mol. The van der Waals surface area contributed by atoms with E-state index in [1.54, 1.807) is 11.3 Å². The summed E-state index contributed by atoms with van der Waals surface area (Å²) >= 11 is 1.76. The average molecular weight is 300 g/mol. The first kappa shape index (κ1) is 14.1. The van der Waals surface area contributed by atoms with E-state index in [4.69, 9.17) is 0 Å². The van der Waals surface area contributed by atoms with Crippen LogP contribution in [-0.2, 0) is 0 Å². The average Bonchev–Trinajstić information content (AvgIpc) is 3.17. The van der Waals surface area contributed by atoms with Gasteiger partial charge in [0.1, 0.15) is 0 Å². The number of aryl methyl sites for hydroxylation is 1. The summed E-state index contributed by atoms with van der Waals surface area (Å²) in [6.07, 6.45) is 2.22. The van der Waals surface area contributed by atoms with E-state index in [9.17, 15) is 4.79 Å². The monoisotopic (exact) mass is 300 g/mol. The van der Waals surface area contributed by atoms with Gasteiger partial charge in [-0.25, -0.2) is 0 Å². The maximum absolute atomic E-state index is 12.1. The number of hydrogen-bond donors (Lipinski definition) is 2. The first-order valence-electron chi connectivity index (χ1n) is 7.35. The molecule has 3 rings (SSSR count). The van der Waals surface area contributed by atoms with Crippen LogP contribution in [0.4, 0.5) is 5.69 Å². The van der Waals surface area contributed by atoms with Crippen molar-refractivity contribution in [1.29, 1.82) is 0 Å². The molecule has 0 bridgehead atoms.